The van der Waals surface area contributed by atoms with E-state index in [1.807, 2.05) is 19.1 Å². The van der Waals surface area contributed by atoms with Crippen LogP contribution in [-0.4, -0.2) is 30.1 Å². The Bertz CT molecular complexity index is 1250. The van der Waals surface area contributed by atoms with Gasteiger partial charge in [-0.25, -0.2) is 14.4 Å². The maximum atomic E-state index is 13.3. The first-order valence-corrected chi connectivity index (χ1v) is 11.4. The van der Waals surface area contributed by atoms with Crippen molar-refractivity contribution in [3.05, 3.63) is 69.9 Å². The highest BCUT2D eigenvalue weighted by atomic mass is 32.1. The van der Waals surface area contributed by atoms with E-state index < -0.39 is 0 Å². The van der Waals surface area contributed by atoms with Crippen molar-refractivity contribution in [1.82, 2.24) is 15.3 Å². The zero-order chi connectivity index (χ0) is 22.7. The maximum Gasteiger partial charge on any atom is 0.271 e. The normalized spacial score (nSPS) is 10.8. The number of methoxy groups -OCH3 is 2. The highest BCUT2D eigenvalue weighted by Crippen LogP contribution is 2.38. The van der Waals surface area contributed by atoms with Crippen molar-refractivity contribution in [2.24, 2.45) is 0 Å². The Morgan fingerprint density at radius 3 is 2.53 bits per heavy atom. The molecule has 4 aromatic rings. The molecule has 6 nitrogen and oxygen atoms in total. The lowest BCUT2D eigenvalue weighted by Gasteiger charge is -2.10. The summed E-state index contributed by atoms with van der Waals surface area (Å²) in [6, 6.07) is 11.7. The number of aromatic nitrogens is 2. The summed E-state index contributed by atoms with van der Waals surface area (Å²) < 4.78 is 23.9. The molecule has 0 fully saturated rings. The van der Waals surface area contributed by atoms with E-state index in [1.54, 1.807) is 37.8 Å². The van der Waals surface area contributed by atoms with Crippen LogP contribution in [0.2, 0.25) is 0 Å². The summed E-state index contributed by atoms with van der Waals surface area (Å²) in [6.07, 6.45) is 0. The molecule has 0 saturated heterocycles. The van der Waals surface area contributed by atoms with Gasteiger partial charge in [0.1, 0.15) is 16.5 Å². The zero-order valence-corrected chi connectivity index (χ0v) is 19.3. The van der Waals surface area contributed by atoms with Gasteiger partial charge in [0.05, 0.1) is 29.8 Å². The van der Waals surface area contributed by atoms with Crippen LogP contribution in [0.4, 0.5) is 4.39 Å². The number of benzene rings is 2. The molecule has 0 aliphatic rings. The molecule has 0 saturated carbocycles. The third kappa shape index (κ3) is 4.63. The number of hydrogen-bond donors (Lipinski definition) is 1. The highest BCUT2D eigenvalue weighted by Gasteiger charge is 2.19. The Morgan fingerprint density at radius 2 is 1.81 bits per heavy atom. The predicted octanol–water partition coefficient (Wildman–Crippen LogP) is 5.33. The van der Waals surface area contributed by atoms with E-state index in [2.05, 4.69) is 15.3 Å². The number of nitrogens with one attached hydrogen (secondary N) is 1. The Balaban J connectivity index is 1.51. The van der Waals surface area contributed by atoms with Crippen LogP contribution in [0.5, 0.6) is 11.5 Å². The van der Waals surface area contributed by atoms with E-state index in [0.29, 0.717) is 28.7 Å². The summed E-state index contributed by atoms with van der Waals surface area (Å²) in [7, 11) is 3.14. The van der Waals surface area contributed by atoms with Crippen LogP contribution in [0, 0.1) is 12.7 Å². The molecule has 0 atom stereocenters. The number of rotatable bonds is 7. The van der Waals surface area contributed by atoms with Crippen LogP contribution in [-0.2, 0) is 6.54 Å². The third-order valence-electron chi connectivity index (χ3n) is 4.68. The average Bonchev–Trinajstić information content (AvgIpc) is 3.44. The van der Waals surface area contributed by atoms with Crippen molar-refractivity contribution >= 4 is 28.6 Å². The lowest BCUT2D eigenvalue weighted by atomic mass is 10.1. The standard InChI is InChI=1S/C23H20FN3O3S2/c1-13-26-20(15-5-7-16(24)8-6-15)21(32-13)23-27-17(12-31-23)22(28)25-11-14-4-9-18(29-2)19(10-14)30-3/h4-10,12H,11H2,1-3H3,(H,25,28). The molecule has 2 aromatic carbocycles. The number of amides is 1. The van der Waals surface area contributed by atoms with Crippen LogP contribution in [0.25, 0.3) is 21.1 Å². The van der Waals surface area contributed by atoms with Gasteiger partial charge in [0.15, 0.2) is 11.5 Å². The van der Waals surface area contributed by atoms with Crippen LogP contribution in [0.1, 0.15) is 21.1 Å². The molecule has 0 aliphatic heterocycles. The average molecular weight is 470 g/mol. The molecule has 9 heteroatoms. The van der Waals surface area contributed by atoms with Crippen LogP contribution >= 0.6 is 22.7 Å². The first-order valence-electron chi connectivity index (χ1n) is 9.67. The second-order valence-corrected chi connectivity index (χ2v) is 8.89. The van der Waals surface area contributed by atoms with Crippen molar-refractivity contribution in [3.63, 3.8) is 0 Å². The van der Waals surface area contributed by atoms with Crippen molar-refractivity contribution in [2.75, 3.05) is 14.2 Å². The molecule has 164 valence electrons. The summed E-state index contributed by atoms with van der Waals surface area (Å²) in [4.78, 5) is 22.6. The summed E-state index contributed by atoms with van der Waals surface area (Å²) in [6.45, 7) is 2.23. The first kappa shape index (κ1) is 21.9. The van der Waals surface area contributed by atoms with Gasteiger partial charge < -0.3 is 14.8 Å². The quantitative estimate of drug-likeness (QED) is 0.396. The van der Waals surface area contributed by atoms with Gasteiger partial charge in [-0.2, -0.15) is 0 Å². The maximum absolute atomic E-state index is 13.3. The number of ether oxygens (including phenoxy) is 2. The van der Waals surface area contributed by atoms with Gasteiger partial charge in [0, 0.05) is 17.5 Å². The molecule has 0 aliphatic carbocycles. The minimum absolute atomic E-state index is 0.271. The van der Waals surface area contributed by atoms with Gasteiger partial charge in [-0.1, -0.05) is 6.07 Å². The van der Waals surface area contributed by atoms with Gasteiger partial charge in [0.2, 0.25) is 0 Å². The van der Waals surface area contributed by atoms with Gasteiger partial charge in [-0.05, 0) is 48.9 Å². The number of carbonyl (C=O) groups is 1. The van der Waals surface area contributed by atoms with Gasteiger partial charge >= 0.3 is 0 Å². The topological polar surface area (TPSA) is 73.3 Å². The van der Waals surface area contributed by atoms with Crippen molar-refractivity contribution < 1.29 is 18.7 Å². The summed E-state index contributed by atoms with van der Waals surface area (Å²) in [5.41, 5.74) is 2.75. The number of nitrogens with zero attached hydrogens (tertiary/aromatic N) is 2. The SMILES string of the molecule is COc1ccc(CNC(=O)c2csc(-c3sc(C)nc3-c3ccc(F)cc3)n2)cc1OC. The molecule has 0 bridgehead atoms. The van der Waals surface area contributed by atoms with Gasteiger partial charge in [0.25, 0.3) is 5.91 Å². The number of carbonyl (C=O) groups excluding carboxylic acids is 1. The molecule has 0 radical (unpaired) electrons. The second-order valence-electron chi connectivity index (χ2n) is 6.83. The molecule has 2 heterocycles. The van der Waals surface area contributed by atoms with Crippen molar-refractivity contribution in [2.45, 2.75) is 13.5 Å². The Hall–Kier alpha value is -3.30. The van der Waals surface area contributed by atoms with E-state index in [4.69, 9.17) is 9.47 Å². The van der Waals surface area contributed by atoms with E-state index in [0.717, 1.165) is 26.7 Å². The molecule has 0 unspecified atom stereocenters. The zero-order valence-electron chi connectivity index (χ0n) is 17.6. The molecule has 1 N–H and O–H groups in total. The fraction of sp³-hybridized carbons (Fsp3) is 0.174. The fourth-order valence-electron chi connectivity index (χ4n) is 3.12. The molecule has 2 aromatic heterocycles. The van der Waals surface area contributed by atoms with Crippen molar-refractivity contribution in [3.8, 4) is 32.6 Å². The number of aryl methyl sites for hydroxylation is 1. The summed E-state index contributed by atoms with van der Waals surface area (Å²) in [5.74, 6) is 0.657. The lowest BCUT2D eigenvalue weighted by molar-refractivity contribution is 0.0946. The number of thiazole rings is 2. The minimum Gasteiger partial charge on any atom is -0.493 e. The van der Waals surface area contributed by atoms with Crippen LogP contribution in [0.3, 0.4) is 0 Å². The van der Waals surface area contributed by atoms with E-state index in [-0.39, 0.29) is 11.7 Å². The molecule has 32 heavy (non-hydrogen) atoms. The number of hydrogen-bond acceptors (Lipinski definition) is 7. The molecule has 1 amide bonds. The van der Waals surface area contributed by atoms with Gasteiger partial charge in [-0.15, -0.1) is 22.7 Å². The summed E-state index contributed by atoms with van der Waals surface area (Å²) >= 11 is 2.87. The van der Waals surface area contributed by atoms with E-state index in [9.17, 15) is 9.18 Å². The largest absolute Gasteiger partial charge is 0.493 e. The molecular formula is C23H20FN3O3S2. The Morgan fingerprint density at radius 1 is 1.06 bits per heavy atom. The monoisotopic (exact) mass is 469 g/mol. The molecule has 4 rings (SSSR count). The smallest absolute Gasteiger partial charge is 0.271 e. The third-order valence-corrected chi connectivity index (χ3v) is 6.65. The Kier molecular flexibility index (Phi) is 6.48. The van der Waals surface area contributed by atoms with Crippen molar-refractivity contribution in [1.29, 1.82) is 0 Å². The molecule has 0 spiro atoms. The van der Waals surface area contributed by atoms with E-state index in [1.165, 1.54) is 34.8 Å². The van der Waals surface area contributed by atoms with Crippen LogP contribution < -0.4 is 14.8 Å². The first-order chi connectivity index (χ1) is 15.5. The number of halogens is 1. The second kappa shape index (κ2) is 9.46. The summed E-state index contributed by atoms with van der Waals surface area (Å²) in [5, 5.41) is 6.18. The minimum atomic E-state index is -0.301. The lowest BCUT2D eigenvalue weighted by Crippen LogP contribution is -2.23. The predicted molar refractivity (Wildman–Crippen MR) is 124 cm³/mol. The Labute approximate surface area is 192 Å². The van der Waals surface area contributed by atoms with Crippen LogP contribution in [0.15, 0.2) is 47.8 Å². The molecular weight excluding hydrogens is 449 g/mol. The van der Waals surface area contributed by atoms with E-state index >= 15 is 0 Å². The van der Waals surface area contributed by atoms with Gasteiger partial charge in [-0.3, -0.25) is 4.79 Å². The fourth-order valence-corrected chi connectivity index (χ4v) is 4.95. The highest BCUT2D eigenvalue weighted by molar-refractivity contribution is 7.21.